The van der Waals surface area contributed by atoms with Crippen LogP contribution < -0.4 is 15.4 Å². The molecule has 1 aromatic heterocycles. The maximum Gasteiger partial charge on any atom is 0.573 e. The Hall–Kier alpha value is -2.51. The highest BCUT2D eigenvalue weighted by atomic mass is 19.4. The number of alkyl halides is 3. The second-order valence-corrected chi connectivity index (χ2v) is 5.24. The summed E-state index contributed by atoms with van der Waals surface area (Å²) in [4.78, 5) is 8.68. The SMILES string of the molecule is CC[C@@H](C)Nc1nc(NC)cc(-c2cccc(OC(F)(F)F)c2)n1. The first-order valence-corrected chi connectivity index (χ1v) is 7.50. The minimum absolute atomic E-state index is 0.171. The van der Waals surface area contributed by atoms with Gasteiger partial charge in [0.1, 0.15) is 11.6 Å². The number of nitrogens with one attached hydrogen (secondary N) is 2. The Bertz CT molecular complexity index is 691. The average Bonchev–Trinajstić information content (AvgIpc) is 2.53. The number of rotatable bonds is 6. The van der Waals surface area contributed by atoms with Crippen LogP contribution in [-0.4, -0.2) is 29.4 Å². The van der Waals surface area contributed by atoms with Gasteiger partial charge in [-0.1, -0.05) is 19.1 Å². The van der Waals surface area contributed by atoms with Crippen LogP contribution in [0.1, 0.15) is 20.3 Å². The summed E-state index contributed by atoms with van der Waals surface area (Å²) in [5, 5.41) is 6.08. The fraction of sp³-hybridized carbons (Fsp3) is 0.375. The van der Waals surface area contributed by atoms with E-state index in [-0.39, 0.29) is 11.8 Å². The summed E-state index contributed by atoms with van der Waals surface area (Å²) in [6.45, 7) is 4.02. The van der Waals surface area contributed by atoms with Crippen molar-refractivity contribution in [2.24, 2.45) is 0 Å². The first kappa shape index (κ1) is 17.8. The summed E-state index contributed by atoms with van der Waals surface area (Å²) in [5.41, 5.74) is 0.996. The summed E-state index contributed by atoms with van der Waals surface area (Å²) in [7, 11) is 1.71. The zero-order chi connectivity index (χ0) is 17.7. The van der Waals surface area contributed by atoms with Gasteiger partial charge in [-0.25, -0.2) is 4.98 Å². The molecular formula is C16H19F3N4O. The van der Waals surface area contributed by atoms with Gasteiger partial charge in [0.2, 0.25) is 5.95 Å². The monoisotopic (exact) mass is 340 g/mol. The summed E-state index contributed by atoms with van der Waals surface area (Å²) in [5.74, 6) is 0.683. The first-order chi connectivity index (χ1) is 11.3. The van der Waals surface area contributed by atoms with Gasteiger partial charge >= 0.3 is 6.36 Å². The van der Waals surface area contributed by atoms with Crippen molar-refractivity contribution in [2.75, 3.05) is 17.7 Å². The van der Waals surface area contributed by atoms with Crippen molar-refractivity contribution in [3.05, 3.63) is 30.3 Å². The topological polar surface area (TPSA) is 59.1 Å². The molecule has 0 unspecified atom stereocenters. The molecule has 1 aromatic carbocycles. The molecule has 0 radical (unpaired) electrons. The zero-order valence-electron chi connectivity index (χ0n) is 13.6. The number of hydrogen-bond acceptors (Lipinski definition) is 5. The number of nitrogens with zero attached hydrogens (tertiary/aromatic N) is 2. The predicted octanol–water partition coefficient (Wildman–Crippen LogP) is 4.29. The average molecular weight is 340 g/mol. The molecule has 5 nitrogen and oxygen atoms in total. The Labute approximate surface area is 138 Å². The molecule has 2 rings (SSSR count). The molecule has 1 atom stereocenters. The lowest BCUT2D eigenvalue weighted by Crippen LogP contribution is -2.17. The molecule has 0 aliphatic carbocycles. The molecule has 0 spiro atoms. The first-order valence-electron chi connectivity index (χ1n) is 7.50. The maximum absolute atomic E-state index is 12.4. The number of hydrogen-bond donors (Lipinski definition) is 2. The normalized spacial score (nSPS) is 12.6. The van der Waals surface area contributed by atoms with Crippen LogP contribution in [0, 0.1) is 0 Å². The standard InChI is InChI=1S/C16H19F3N4O/c1-4-10(2)21-15-22-13(9-14(20-3)23-15)11-6-5-7-12(8-11)24-16(17,18)19/h5-10H,4H2,1-3H3,(H2,20,21,22,23)/t10-/m1/s1. The highest BCUT2D eigenvalue weighted by molar-refractivity contribution is 5.65. The van der Waals surface area contributed by atoms with Crippen molar-refractivity contribution in [1.29, 1.82) is 0 Å². The van der Waals surface area contributed by atoms with Crippen LogP contribution in [0.5, 0.6) is 5.75 Å². The van der Waals surface area contributed by atoms with E-state index >= 15 is 0 Å². The van der Waals surface area contributed by atoms with Gasteiger partial charge in [-0.2, -0.15) is 4.98 Å². The molecule has 0 fully saturated rings. The molecular weight excluding hydrogens is 321 g/mol. The number of aromatic nitrogens is 2. The number of benzene rings is 1. The van der Waals surface area contributed by atoms with E-state index < -0.39 is 6.36 Å². The molecule has 0 saturated carbocycles. The Morgan fingerprint density at radius 3 is 2.58 bits per heavy atom. The molecule has 0 bridgehead atoms. The molecule has 0 aliphatic heterocycles. The smallest absolute Gasteiger partial charge is 0.406 e. The van der Waals surface area contributed by atoms with Crippen LogP contribution in [0.25, 0.3) is 11.3 Å². The fourth-order valence-corrected chi connectivity index (χ4v) is 1.96. The minimum atomic E-state index is -4.73. The van der Waals surface area contributed by atoms with Crippen LogP contribution in [0.15, 0.2) is 30.3 Å². The largest absolute Gasteiger partial charge is 0.573 e. The molecule has 2 aromatic rings. The Balaban J connectivity index is 2.36. The minimum Gasteiger partial charge on any atom is -0.406 e. The van der Waals surface area contributed by atoms with E-state index in [9.17, 15) is 13.2 Å². The van der Waals surface area contributed by atoms with Crippen LogP contribution in [0.2, 0.25) is 0 Å². The lowest BCUT2D eigenvalue weighted by atomic mass is 10.1. The van der Waals surface area contributed by atoms with Crippen molar-refractivity contribution in [2.45, 2.75) is 32.7 Å². The van der Waals surface area contributed by atoms with E-state index in [2.05, 4.69) is 25.3 Å². The third kappa shape index (κ3) is 5.00. The van der Waals surface area contributed by atoms with E-state index in [4.69, 9.17) is 0 Å². The van der Waals surface area contributed by atoms with E-state index in [0.29, 0.717) is 23.0 Å². The zero-order valence-corrected chi connectivity index (χ0v) is 13.6. The van der Waals surface area contributed by atoms with Gasteiger partial charge in [0.25, 0.3) is 0 Å². The van der Waals surface area contributed by atoms with Gasteiger partial charge in [-0.3, -0.25) is 0 Å². The summed E-state index contributed by atoms with van der Waals surface area (Å²) < 4.78 is 41.1. The molecule has 24 heavy (non-hydrogen) atoms. The second kappa shape index (κ2) is 7.37. The van der Waals surface area contributed by atoms with Crippen molar-refractivity contribution in [3.8, 4) is 17.0 Å². The van der Waals surface area contributed by atoms with Crippen molar-refractivity contribution in [3.63, 3.8) is 0 Å². The Morgan fingerprint density at radius 1 is 1.21 bits per heavy atom. The predicted molar refractivity (Wildman–Crippen MR) is 87.1 cm³/mol. The third-order valence-corrected chi connectivity index (χ3v) is 3.33. The fourth-order valence-electron chi connectivity index (χ4n) is 1.96. The quantitative estimate of drug-likeness (QED) is 0.821. The number of halogens is 3. The molecule has 0 aliphatic rings. The maximum atomic E-state index is 12.4. The lowest BCUT2D eigenvalue weighted by molar-refractivity contribution is -0.274. The van der Waals surface area contributed by atoms with Gasteiger partial charge in [-0.15, -0.1) is 13.2 Å². The molecule has 0 saturated heterocycles. The molecule has 0 amide bonds. The summed E-state index contributed by atoms with van der Waals surface area (Å²) >= 11 is 0. The highest BCUT2D eigenvalue weighted by Crippen LogP contribution is 2.28. The van der Waals surface area contributed by atoms with Crippen LogP contribution in [0.3, 0.4) is 0 Å². The van der Waals surface area contributed by atoms with Gasteiger partial charge in [0, 0.05) is 24.7 Å². The van der Waals surface area contributed by atoms with E-state index in [1.54, 1.807) is 19.2 Å². The van der Waals surface area contributed by atoms with Crippen molar-refractivity contribution in [1.82, 2.24) is 9.97 Å². The number of anilines is 2. The van der Waals surface area contributed by atoms with E-state index in [0.717, 1.165) is 6.42 Å². The van der Waals surface area contributed by atoms with Gasteiger partial charge < -0.3 is 15.4 Å². The van der Waals surface area contributed by atoms with E-state index in [1.807, 2.05) is 13.8 Å². The van der Waals surface area contributed by atoms with Crippen LogP contribution in [-0.2, 0) is 0 Å². The van der Waals surface area contributed by atoms with Gasteiger partial charge in [0.15, 0.2) is 0 Å². The molecule has 130 valence electrons. The Morgan fingerprint density at radius 2 is 1.96 bits per heavy atom. The van der Waals surface area contributed by atoms with E-state index in [1.165, 1.54) is 18.2 Å². The van der Waals surface area contributed by atoms with Crippen molar-refractivity contribution >= 4 is 11.8 Å². The molecule has 2 N–H and O–H groups in total. The summed E-state index contributed by atoms with van der Waals surface area (Å²) in [6, 6.07) is 7.52. The third-order valence-electron chi connectivity index (χ3n) is 3.33. The van der Waals surface area contributed by atoms with Gasteiger partial charge in [-0.05, 0) is 25.5 Å². The van der Waals surface area contributed by atoms with Crippen LogP contribution >= 0.6 is 0 Å². The Kier molecular flexibility index (Phi) is 5.48. The van der Waals surface area contributed by atoms with Gasteiger partial charge in [0.05, 0.1) is 5.69 Å². The highest BCUT2D eigenvalue weighted by Gasteiger charge is 2.31. The van der Waals surface area contributed by atoms with Crippen LogP contribution in [0.4, 0.5) is 24.9 Å². The molecule has 1 heterocycles. The summed E-state index contributed by atoms with van der Waals surface area (Å²) in [6.07, 6.45) is -3.85. The molecule has 8 heteroatoms. The lowest BCUT2D eigenvalue weighted by Gasteiger charge is -2.14. The number of ether oxygens (including phenoxy) is 1. The second-order valence-electron chi connectivity index (χ2n) is 5.24. The van der Waals surface area contributed by atoms with Crippen molar-refractivity contribution < 1.29 is 17.9 Å².